The predicted molar refractivity (Wildman–Crippen MR) is 84.7 cm³/mol. The second kappa shape index (κ2) is 4.60. The second-order valence-electron chi connectivity index (χ2n) is 6.99. The summed E-state index contributed by atoms with van der Waals surface area (Å²) in [7, 11) is 0. The summed E-state index contributed by atoms with van der Waals surface area (Å²) >= 11 is 1.85. The molecule has 102 valence electrons. The molecule has 0 spiro atoms. The lowest BCUT2D eigenvalue weighted by molar-refractivity contribution is 0.151. The Morgan fingerprint density at radius 2 is 2.00 bits per heavy atom. The molecule has 1 saturated carbocycles. The third kappa shape index (κ3) is 2.70. The van der Waals surface area contributed by atoms with Gasteiger partial charge in [0.2, 0.25) is 0 Å². The van der Waals surface area contributed by atoms with Crippen LogP contribution in [0.4, 0.5) is 0 Å². The van der Waals surface area contributed by atoms with Crippen molar-refractivity contribution >= 4 is 21.4 Å². The van der Waals surface area contributed by atoms with Crippen LogP contribution >= 0.6 is 11.3 Å². The zero-order chi connectivity index (χ0) is 13.5. The number of fused-ring (bicyclic) bond motifs is 1. The summed E-state index contributed by atoms with van der Waals surface area (Å²) in [5.41, 5.74) is 8.56. The van der Waals surface area contributed by atoms with Gasteiger partial charge in [0.15, 0.2) is 0 Å². The minimum atomic E-state index is -0.00834. The lowest BCUT2D eigenvalue weighted by Gasteiger charge is -2.42. The van der Waals surface area contributed by atoms with Crippen LogP contribution in [0.25, 0.3) is 10.1 Å². The van der Waals surface area contributed by atoms with E-state index in [0.717, 1.165) is 12.8 Å². The molecule has 0 bridgehead atoms. The molecule has 0 amide bonds. The summed E-state index contributed by atoms with van der Waals surface area (Å²) in [5.74, 6) is 0. The van der Waals surface area contributed by atoms with Gasteiger partial charge in [-0.2, -0.15) is 0 Å². The van der Waals surface area contributed by atoms with E-state index in [9.17, 15) is 0 Å². The Balaban J connectivity index is 1.88. The van der Waals surface area contributed by atoms with E-state index in [1.165, 1.54) is 34.9 Å². The Kier molecular flexibility index (Phi) is 3.18. The zero-order valence-corrected chi connectivity index (χ0v) is 12.7. The number of nitrogens with two attached hydrogens (primary N) is 1. The average molecular weight is 273 g/mol. The molecule has 1 fully saturated rings. The Morgan fingerprint density at radius 3 is 2.79 bits per heavy atom. The maximum Gasteiger partial charge on any atom is 0.0345 e. The van der Waals surface area contributed by atoms with Crippen molar-refractivity contribution in [3.63, 3.8) is 0 Å². The van der Waals surface area contributed by atoms with Gasteiger partial charge in [0.1, 0.15) is 0 Å². The predicted octanol–water partition coefficient (Wildman–Crippen LogP) is 4.74. The molecule has 1 aromatic heterocycles. The summed E-state index contributed by atoms with van der Waals surface area (Å²) in [6, 6.07) is 8.69. The molecule has 0 aliphatic heterocycles. The third-order valence-corrected chi connectivity index (χ3v) is 5.47. The van der Waals surface area contributed by atoms with Crippen molar-refractivity contribution in [3.8, 4) is 0 Å². The fourth-order valence-corrected chi connectivity index (χ4v) is 4.71. The van der Waals surface area contributed by atoms with Crippen molar-refractivity contribution in [2.24, 2.45) is 11.1 Å². The summed E-state index contributed by atoms with van der Waals surface area (Å²) in [5, 5.41) is 3.71. The van der Waals surface area contributed by atoms with Gasteiger partial charge in [0.05, 0.1) is 0 Å². The molecule has 1 aliphatic rings. The zero-order valence-electron chi connectivity index (χ0n) is 11.9. The highest BCUT2D eigenvalue weighted by atomic mass is 32.1. The average Bonchev–Trinajstić information content (AvgIpc) is 2.70. The molecule has 0 radical (unpaired) electrons. The first-order valence-corrected chi connectivity index (χ1v) is 8.10. The lowest BCUT2D eigenvalue weighted by atomic mass is 9.66. The minimum absolute atomic E-state index is 0.00834. The van der Waals surface area contributed by atoms with Crippen LogP contribution in [0.15, 0.2) is 29.6 Å². The van der Waals surface area contributed by atoms with Crippen LogP contribution in [0.2, 0.25) is 0 Å². The summed E-state index contributed by atoms with van der Waals surface area (Å²) in [6.07, 6.45) is 5.92. The lowest BCUT2D eigenvalue weighted by Crippen LogP contribution is -2.48. The topological polar surface area (TPSA) is 26.0 Å². The first kappa shape index (κ1) is 13.1. The highest BCUT2D eigenvalue weighted by Crippen LogP contribution is 2.42. The number of rotatable bonds is 2. The molecule has 1 nitrogen and oxygen atoms in total. The van der Waals surface area contributed by atoms with Gasteiger partial charge in [-0.3, -0.25) is 0 Å². The van der Waals surface area contributed by atoms with E-state index in [4.69, 9.17) is 5.73 Å². The summed E-state index contributed by atoms with van der Waals surface area (Å²) < 4.78 is 1.39. The van der Waals surface area contributed by atoms with Crippen LogP contribution in [-0.2, 0) is 6.42 Å². The standard InChI is InChI=1S/C17H23NS/c1-16(2)8-5-9-17(18,12-16)10-13-11-19-15-7-4-3-6-14(13)15/h3-4,6-7,11H,5,8-10,12,18H2,1-2H3. The van der Waals surface area contributed by atoms with E-state index in [1.807, 2.05) is 11.3 Å². The SMILES string of the molecule is CC1(C)CCCC(N)(Cc2csc3ccccc23)C1. The van der Waals surface area contributed by atoms with E-state index in [0.29, 0.717) is 5.41 Å². The van der Waals surface area contributed by atoms with Crippen LogP contribution in [0.3, 0.4) is 0 Å². The van der Waals surface area contributed by atoms with Crippen LogP contribution in [0.1, 0.15) is 45.1 Å². The fourth-order valence-electron chi connectivity index (χ4n) is 3.75. The van der Waals surface area contributed by atoms with Crippen LogP contribution in [0.5, 0.6) is 0 Å². The second-order valence-corrected chi connectivity index (χ2v) is 7.90. The van der Waals surface area contributed by atoms with E-state index in [2.05, 4.69) is 43.5 Å². The van der Waals surface area contributed by atoms with Crippen LogP contribution in [0, 0.1) is 5.41 Å². The molecule has 1 heterocycles. The quantitative estimate of drug-likeness (QED) is 0.840. The van der Waals surface area contributed by atoms with E-state index in [1.54, 1.807) is 0 Å². The summed E-state index contributed by atoms with van der Waals surface area (Å²) in [4.78, 5) is 0. The van der Waals surface area contributed by atoms with Gasteiger partial charge in [0.25, 0.3) is 0 Å². The van der Waals surface area contributed by atoms with E-state index < -0.39 is 0 Å². The molecular weight excluding hydrogens is 250 g/mol. The maximum atomic E-state index is 6.72. The van der Waals surface area contributed by atoms with E-state index in [-0.39, 0.29) is 5.54 Å². The highest BCUT2D eigenvalue weighted by Gasteiger charge is 2.37. The van der Waals surface area contributed by atoms with Gasteiger partial charge in [0, 0.05) is 10.2 Å². The van der Waals surface area contributed by atoms with Gasteiger partial charge in [-0.1, -0.05) is 38.5 Å². The molecule has 2 aromatic rings. The normalized spacial score (nSPS) is 26.7. The number of hydrogen-bond donors (Lipinski definition) is 1. The summed E-state index contributed by atoms with van der Waals surface area (Å²) in [6.45, 7) is 4.72. The molecule has 0 saturated heterocycles. The number of thiophene rings is 1. The van der Waals surface area contributed by atoms with Gasteiger partial charge >= 0.3 is 0 Å². The van der Waals surface area contributed by atoms with Crippen molar-refractivity contribution in [1.82, 2.24) is 0 Å². The van der Waals surface area contributed by atoms with Crippen molar-refractivity contribution < 1.29 is 0 Å². The molecule has 19 heavy (non-hydrogen) atoms. The molecule has 1 unspecified atom stereocenters. The molecule has 3 rings (SSSR count). The van der Waals surface area contributed by atoms with Crippen molar-refractivity contribution in [3.05, 3.63) is 35.2 Å². The van der Waals surface area contributed by atoms with Crippen molar-refractivity contribution in [1.29, 1.82) is 0 Å². The maximum absolute atomic E-state index is 6.72. The van der Waals surface area contributed by atoms with Crippen LogP contribution < -0.4 is 5.73 Å². The first-order valence-electron chi connectivity index (χ1n) is 7.22. The van der Waals surface area contributed by atoms with Crippen molar-refractivity contribution in [2.45, 2.75) is 51.5 Å². The first-order chi connectivity index (χ1) is 8.98. The van der Waals surface area contributed by atoms with Crippen molar-refractivity contribution in [2.75, 3.05) is 0 Å². The molecule has 2 N–H and O–H groups in total. The minimum Gasteiger partial charge on any atom is -0.325 e. The largest absolute Gasteiger partial charge is 0.325 e. The molecule has 1 aromatic carbocycles. The van der Waals surface area contributed by atoms with E-state index >= 15 is 0 Å². The molecule has 1 atom stereocenters. The van der Waals surface area contributed by atoms with Gasteiger partial charge in [-0.05, 0) is 53.5 Å². The molecular formula is C17H23NS. The fraction of sp³-hybridized carbons (Fsp3) is 0.529. The Morgan fingerprint density at radius 1 is 1.21 bits per heavy atom. The Labute approximate surface area is 119 Å². The monoisotopic (exact) mass is 273 g/mol. The Bertz CT molecular complexity index is 584. The van der Waals surface area contributed by atoms with Gasteiger partial charge in [-0.15, -0.1) is 11.3 Å². The van der Waals surface area contributed by atoms with Gasteiger partial charge < -0.3 is 5.73 Å². The number of hydrogen-bond acceptors (Lipinski definition) is 2. The smallest absolute Gasteiger partial charge is 0.0345 e. The third-order valence-electron chi connectivity index (χ3n) is 4.46. The van der Waals surface area contributed by atoms with Crippen LogP contribution in [-0.4, -0.2) is 5.54 Å². The molecule has 1 aliphatic carbocycles. The number of benzene rings is 1. The highest BCUT2D eigenvalue weighted by molar-refractivity contribution is 7.17. The molecule has 2 heteroatoms. The van der Waals surface area contributed by atoms with Gasteiger partial charge in [-0.25, -0.2) is 0 Å². The Hall–Kier alpha value is -0.860.